The van der Waals surface area contributed by atoms with Crippen molar-refractivity contribution in [3.05, 3.63) is 0 Å². The highest BCUT2D eigenvalue weighted by molar-refractivity contribution is 7.89. The van der Waals surface area contributed by atoms with Gasteiger partial charge >= 0.3 is 6.18 Å². The molecule has 0 atom stereocenters. The largest absolute Gasteiger partial charge is 0.402 e. The predicted octanol–water partition coefficient (Wildman–Crippen LogP) is 2.08. The summed E-state index contributed by atoms with van der Waals surface area (Å²) in [6.07, 6.45) is -4.53. The summed E-state index contributed by atoms with van der Waals surface area (Å²) in [6, 6.07) is 0. The van der Waals surface area contributed by atoms with Crippen LogP contribution in [-0.2, 0) is 10.0 Å². The molecule has 0 fully saturated rings. The lowest BCUT2D eigenvalue weighted by Crippen LogP contribution is -2.42. The van der Waals surface area contributed by atoms with Crippen LogP contribution in [0.25, 0.3) is 0 Å². The molecule has 0 heterocycles. The molecule has 0 bridgehead atoms. The maximum atomic E-state index is 12.2. The van der Waals surface area contributed by atoms with Crippen molar-refractivity contribution in [3.63, 3.8) is 0 Å². The fourth-order valence-corrected chi connectivity index (χ4v) is 3.02. The van der Waals surface area contributed by atoms with Gasteiger partial charge in [-0.25, -0.2) is 8.42 Å². The van der Waals surface area contributed by atoms with Crippen LogP contribution in [0.4, 0.5) is 13.2 Å². The predicted molar refractivity (Wildman–Crippen MR) is 57.0 cm³/mol. The van der Waals surface area contributed by atoms with Crippen molar-refractivity contribution in [1.82, 2.24) is 4.31 Å². The summed E-state index contributed by atoms with van der Waals surface area (Å²) in [6.45, 7) is 1.70. The van der Waals surface area contributed by atoms with E-state index in [1.807, 2.05) is 0 Å². The van der Waals surface area contributed by atoms with Crippen LogP contribution in [0.2, 0.25) is 0 Å². The first-order chi connectivity index (χ1) is 7.08. The Morgan fingerprint density at radius 2 is 1.81 bits per heavy atom. The summed E-state index contributed by atoms with van der Waals surface area (Å²) in [4.78, 5) is 0. The Hall–Kier alpha value is -0.0100. The Labute approximate surface area is 98.6 Å². The third kappa shape index (κ3) is 6.55. The second kappa shape index (κ2) is 6.07. The molecule has 0 radical (unpaired) electrons. The molecule has 0 rings (SSSR count). The van der Waals surface area contributed by atoms with Gasteiger partial charge in [0.15, 0.2) is 0 Å². The highest BCUT2D eigenvalue weighted by atomic mass is 35.5. The van der Waals surface area contributed by atoms with Crippen LogP contribution < -0.4 is 0 Å². The van der Waals surface area contributed by atoms with Gasteiger partial charge in [-0.1, -0.05) is 13.8 Å². The van der Waals surface area contributed by atoms with Crippen LogP contribution in [0.5, 0.6) is 0 Å². The summed E-state index contributed by atoms with van der Waals surface area (Å²) in [5.74, 6) is -0.862. The summed E-state index contributed by atoms with van der Waals surface area (Å²) >= 11 is 5.25. The van der Waals surface area contributed by atoms with Crippen molar-refractivity contribution in [1.29, 1.82) is 0 Å². The number of rotatable bonds is 6. The minimum atomic E-state index is -4.53. The van der Waals surface area contributed by atoms with E-state index in [0.29, 0.717) is 4.31 Å². The normalized spacial score (nSPS) is 13.8. The van der Waals surface area contributed by atoms with Crippen LogP contribution in [0, 0.1) is 5.92 Å². The number of hydrogen-bond donors (Lipinski definition) is 0. The van der Waals surface area contributed by atoms with E-state index >= 15 is 0 Å². The van der Waals surface area contributed by atoms with Crippen molar-refractivity contribution >= 4 is 21.6 Å². The van der Waals surface area contributed by atoms with Gasteiger partial charge in [-0.15, -0.1) is 11.6 Å². The number of alkyl halides is 4. The van der Waals surface area contributed by atoms with Gasteiger partial charge in [-0.2, -0.15) is 17.5 Å². The maximum absolute atomic E-state index is 12.2. The lowest BCUT2D eigenvalue weighted by atomic mass is 10.2. The van der Waals surface area contributed by atoms with Crippen LogP contribution in [-0.4, -0.2) is 43.6 Å². The Bertz CT molecular complexity index is 303. The molecule has 0 N–H and O–H groups in total. The van der Waals surface area contributed by atoms with E-state index in [4.69, 9.17) is 11.6 Å². The van der Waals surface area contributed by atoms with Gasteiger partial charge in [0.25, 0.3) is 0 Å². The summed E-state index contributed by atoms with van der Waals surface area (Å²) in [5, 5.41) is 0. The van der Waals surface area contributed by atoms with Gasteiger partial charge < -0.3 is 0 Å². The molecule has 8 heteroatoms. The highest BCUT2D eigenvalue weighted by Crippen LogP contribution is 2.19. The van der Waals surface area contributed by atoms with Crippen LogP contribution >= 0.6 is 11.6 Å². The molecule has 0 aromatic carbocycles. The average Bonchev–Trinajstić information content (AvgIpc) is 1.98. The third-order valence-electron chi connectivity index (χ3n) is 1.65. The van der Waals surface area contributed by atoms with Crippen molar-refractivity contribution in [2.75, 3.05) is 24.7 Å². The second-order valence-corrected chi connectivity index (χ2v) is 6.27. The average molecular weight is 282 g/mol. The molecule has 3 nitrogen and oxygen atoms in total. The number of halogens is 4. The molecular formula is C8H15ClF3NO2S. The molecular weight excluding hydrogens is 267 g/mol. The van der Waals surface area contributed by atoms with Crippen molar-refractivity contribution in [2.45, 2.75) is 20.0 Å². The van der Waals surface area contributed by atoms with Crippen LogP contribution in [0.15, 0.2) is 0 Å². The molecule has 0 saturated heterocycles. The highest BCUT2D eigenvalue weighted by Gasteiger charge is 2.36. The lowest BCUT2D eigenvalue weighted by Gasteiger charge is -2.24. The second-order valence-electron chi connectivity index (χ2n) is 3.81. The van der Waals surface area contributed by atoms with Gasteiger partial charge in [0.05, 0.1) is 5.75 Å². The smallest absolute Gasteiger partial charge is 0.212 e. The molecule has 0 aromatic rings. The molecule has 0 amide bonds. The van der Waals surface area contributed by atoms with Gasteiger partial charge in [0.2, 0.25) is 10.0 Å². The van der Waals surface area contributed by atoms with E-state index in [2.05, 4.69) is 0 Å². The zero-order chi connectivity index (χ0) is 13.0. The fourth-order valence-electron chi connectivity index (χ4n) is 1.11. The Kier molecular flexibility index (Phi) is 6.06. The topological polar surface area (TPSA) is 37.4 Å². The Morgan fingerprint density at radius 3 is 2.12 bits per heavy atom. The summed E-state index contributed by atoms with van der Waals surface area (Å²) < 4.78 is 60.0. The van der Waals surface area contributed by atoms with E-state index in [-0.39, 0.29) is 18.3 Å². The third-order valence-corrected chi connectivity index (χ3v) is 3.85. The molecule has 0 saturated carbocycles. The first-order valence-electron chi connectivity index (χ1n) is 4.69. The quantitative estimate of drug-likeness (QED) is 0.699. The molecule has 98 valence electrons. The molecule has 0 spiro atoms. The maximum Gasteiger partial charge on any atom is 0.402 e. The lowest BCUT2D eigenvalue weighted by molar-refractivity contribution is -0.136. The molecule has 0 unspecified atom stereocenters. The molecule has 0 aromatic heterocycles. The van der Waals surface area contributed by atoms with Crippen LogP contribution in [0.1, 0.15) is 13.8 Å². The van der Waals surface area contributed by atoms with E-state index in [0.717, 1.165) is 0 Å². The van der Waals surface area contributed by atoms with E-state index in [1.54, 1.807) is 13.8 Å². The zero-order valence-corrected chi connectivity index (χ0v) is 10.7. The van der Waals surface area contributed by atoms with Gasteiger partial charge in [0.1, 0.15) is 6.54 Å². The van der Waals surface area contributed by atoms with Gasteiger partial charge in [0, 0.05) is 12.4 Å². The Morgan fingerprint density at radius 1 is 1.31 bits per heavy atom. The molecule has 16 heavy (non-hydrogen) atoms. The zero-order valence-electron chi connectivity index (χ0n) is 9.09. The van der Waals surface area contributed by atoms with E-state index in [9.17, 15) is 21.6 Å². The molecule has 0 aliphatic heterocycles. The van der Waals surface area contributed by atoms with Crippen LogP contribution in [0.3, 0.4) is 0 Å². The standard InChI is InChI=1S/C8H15ClF3NO2S/c1-7(2)5-13(6-8(10,11)12)16(14,15)4-3-9/h7H,3-6H2,1-2H3. The summed E-state index contributed by atoms with van der Waals surface area (Å²) in [7, 11) is -3.92. The first-order valence-corrected chi connectivity index (χ1v) is 6.83. The number of hydrogen-bond acceptors (Lipinski definition) is 2. The minimum absolute atomic E-state index is 0.154. The molecule has 0 aliphatic carbocycles. The summed E-state index contributed by atoms with van der Waals surface area (Å²) in [5.41, 5.74) is 0. The minimum Gasteiger partial charge on any atom is -0.212 e. The van der Waals surface area contributed by atoms with Gasteiger partial charge in [-0.05, 0) is 5.92 Å². The van der Waals surface area contributed by atoms with Crippen molar-refractivity contribution in [3.8, 4) is 0 Å². The van der Waals surface area contributed by atoms with E-state index in [1.165, 1.54) is 0 Å². The SMILES string of the molecule is CC(C)CN(CC(F)(F)F)S(=O)(=O)CCCl. The van der Waals surface area contributed by atoms with Crippen molar-refractivity contribution in [2.24, 2.45) is 5.92 Å². The molecule has 0 aliphatic rings. The fraction of sp³-hybridized carbons (Fsp3) is 1.00. The van der Waals surface area contributed by atoms with Crippen molar-refractivity contribution < 1.29 is 21.6 Å². The number of sulfonamides is 1. The van der Waals surface area contributed by atoms with E-state index < -0.39 is 28.5 Å². The van der Waals surface area contributed by atoms with Gasteiger partial charge in [-0.3, -0.25) is 0 Å². The first kappa shape index (κ1) is 16.0. The monoisotopic (exact) mass is 281 g/mol. The number of nitrogens with zero attached hydrogens (tertiary/aromatic N) is 1. The Balaban J connectivity index is 4.80.